The molecule has 1 aromatic carbocycles. The summed E-state index contributed by atoms with van der Waals surface area (Å²) in [7, 11) is 0. The predicted molar refractivity (Wildman–Crippen MR) is 85.8 cm³/mol. The molecule has 0 unspecified atom stereocenters. The summed E-state index contributed by atoms with van der Waals surface area (Å²) in [5, 5.41) is 3.54. The molecule has 7 heteroatoms. The summed E-state index contributed by atoms with van der Waals surface area (Å²) < 4.78 is 19.5. The molecule has 1 aromatic heterocycles. The molecule has 0 aliphatic rings. The summed E-state index contributed by atoms with van der Waals surface area (Å²) in [6, 6.07) is 4.35. The number of aromatic nitrogens is 1. The van der Waals surface area contributed by atoms with Gasteiger partial charge in [0.2, 0.25) is 5.88 Å². The van der Waals surface area contributed by atoms with Gasteiger partial charge in [-0.25, -0.2) is 9.37 Å². The van der Waals surface area contributed by atoms with Crippen molar-refractivity contribution < 1.29 is 9.13 Å². The van der Waals surface area contributed by atoms with Crippen LogP contribution in [0, 0.1) is 5.82 Å². The fourth-order valence-corrected chi connectivity index (χ4v) is 2.54. The van der Waals surface area contributed by atoms with Crippen LogP contribution in [0.2, 0.25) is 10.0 Å². The van der Waals surface area contributed by atoms with Crippen molar-refractivity contribution in [2.75, 3.05) is 6.54 Å². The molecule has 0 amide bonds. The number of nitrogens with zero attached hydrogens (tertiary/aromatic N) is 1. The molecule has 0 saturated heterocycles. The van der Waals surface area contributed by atoms with Crippen LogP contribution in [-0.2, 0) is 6.54 Å². The summed E-state index contributed by atoms with van der Waals surface area (Å²) in [6.07, 6.45) is 1.66. The lowest BCUT2D eigenvalue weighted by atomic mass is 10.3. The van der Waals surface area contributed by atoms with Gasteiger partial charge in [-0.05, 0) is 40.2 Å². The van der Waals surface area contributed by atoms with E-state index in [1.807, 2.05) is 6.92 Å². The second-order valence-corrected chi connectivity index (χ2v) is 5.88. The van der Waals surface area contributed by atoms with Gasteiger partial charge in [0, 0.05) is 18.8 Å². The monoisotopic (exact) mass is 392 g/mol. The van der Waals surface area contributed by atoms with Crippen molar-refractivity contribution in [3.8, 4) is 11.6 Å². The third-order valence-corrected chi connectivity index (χ3v) is 3.80. The first kappa shape index (κ1) is 16.5. The Balaban J connectivity index is 2.22. The lowest BCUT2D eigenvalue weighted by Gasteiger charge is -2.10. The number of hydrogen-bond acceptors (Lipinski definition) is 3. The van der Waals surface area contributed by atoms with Crippen LogP contribution >= 0.6 is 39.1 Å². The number of hydrogen-bond donors (Lipinski definition) is 1. The molecule has 0 saturated carbocycles. The van der Waals surface area contributed by atoms with E-state index in [-0.39, 0.29) is 16.7 Å². The molecule has 2 rings (SSSR count). The molecular formula is C14H12BrCl2FN2O. The van der Waals surface area contributed by atoms with Crippen LogP contribution in [0.25, 0.3) is 0 Å². The minimum atomic E-state index is -0.574. The van der Waals surface area contributed by atoms with Crippen LogP contribution in [0.4, 0.5) is 4.39 Å². The van der Waals surface area contributed by atoms with Crippen molar-refractivity contribution in [2.24, 2.45) is 0 Å². The number of rotatable bonds is 5. The maximum Gasteiger partial charge on any atom is 0.238 e. The van der Waals surface area contributed by atoms with Gasteiger partial charge in [-0.15, -0.1) is 0 Å². The molecule has 2 aromatic rings. The molecule has 0 bridgehead atoms. The molecule has 3 nitrogen and oxygen atoms in total. The van der Waals surface area contributed by atoms with Crippen LogP contribution in [-0.4, -0.2) is 11.5 Å². The van der Waals surface area contributed by atoms with E-state index in [2.05, 4.69) is 26.2 Å². The largest absolute Gasteiger partial charge is 0.436 e. The Morgan fingerprint density at radius 1 is 1.29 bits per heavy atom. The molecular weight excluding hydrogens is 382 g/mol. The fraction of sp³-hybridized carbons (Fsp3) is 0.214. The van der Waals surface area contributed by atoms with Gasteiger partial charge in [0.1, 0.15) is 16.6 Å². The van der Waals surface area contributed by atoms with Crippen LogP contribution in [0.1, 0.15) is 12.5 Å². The number of pyridine rings is 1. The first-order valence-corrected chi connectivity index (χ1v) is 7.73. The first-order valence-electron chi connectivity index (χ1n) is 6.18. The number of benzene rings is 1. The molecule has 21 heavy (non-hydrogen) atoms. The average molecular weight is 394 g/mol. The van der Waals surface area contributed by atoms with Gasteiger partial charge < -0.3 is 10.1 Å². The Labute approximate surface area is 140 Å². The van der Waals surface area contributed by atoms with Crippen LogP contribution in [0.15, 0.2) is 28.9 Å². The highest BCUT2D eigenvalue weighted by Gasteiger charge is 2.12. The van der Waals surface area contributed by atoms with Gasteiger partial charge in [0.15, 0.2) is 0 Å². The summed E-state index contributed by atoms with van der Waals surface area (Å²) in [6.45, 7) is 3.54. The Kier molecular flexibility index (Phi) is 5.81. The minimum Gasteiger partial charge on any atom is -0.436 e. The van der Waals surface area contributed by atoms with Crippen LogP contribution in [0.5, 0.6) is 11.6 Å². The van der Waals surface area contributed by atoms with Gasteiger partial charge in [-0.3, -0.25) is 0 Å². The molecule has 0 aliphatic carbocycles. The quantitative estimate of drug-likeness (QED) is 0.709. The Morgan fingerprint density at radius 2 is 2.05 bits per heavy atom. The van der Waals surface area contributed by atoms with Crippen molar-refractivity contribution >= 4 is 39.1 Å². The maximum absolute atomic E-state index is 13.5. The fourth-order valence-electron chi connectivity index (χ4n) is 1.59. The Bertz CT molecular complexity index is 655. The third-order valence-electron chi connectivity index (χ3n) is 2.62. The van der Waals surface area contributed by atoms with Crippen molar-refractivity contribution in [3.05, 3.63) is 50.3 Å². The highest BCUT2D eigenvalue weighted by Crippen LogP contribution is 2.35. The summed E-state index contributed by atoms with van der Waals surface area (Å²) in [5.74, 6) is -0.111. The van der Waals surface area contributed by atoms with Gasteiger partial charge in [0.05, 0.1) is 9.50 Å². The van der Waals surface area contributed by atoms with Gasteiger partial charge >= 0.3 is 0 Å². The lowest BCUT2D eigenvalue weighted by molar-refractivity contribution is 0.455. The van der Waals surface area contributed by atoms with E-state index in [0.717, 1.165) is 12.1 Å². The molecule has 0 atom stereocenters. The van der Waals surface area contributed by atoms with E-state index in [1.54, 1.807) is 12.3 Å². The van der Waals surface area contributed by atoms with Gasteiger partial charge in [-0.1, -0.05) is 30.1 Å². The van der Waals surface area contributed by atoms with E-state index in [9.17, 15) is 4.39 Å². The molecule has 112 valence electrons. The molecule has 0 spiro atoms. The predicted octanol–water partition coefficient (Wildman–Crippen LogP) is 5.19. The smallest absolute Gasteiger partial charge is 0.238 e. The number of halogens is 4. The van der Waals surface area contributed by atoms with E-state index >= 15 is 0 Å². The first-order chi connectivity index (χ1) is 10.0. The Hall–Kier alpha value is -0.880. The highest BCUT2D eigenvalue weighted by molar-refractivity contribution is 9.10. The zero-order valence-electron chi connectivity index (χ0n) is 11.1. The molecule has 1 heterocycles. The third kappa shape index (κ3) is 4.30. The molecule has 0 radical (unpaired) electrons. The van der Waals surface area contributed by atoms with E-state index in [4.69, 9.17) is 27.9 Å². The zero-order chi connectivity index (χ0) is 15.4. The van der Waals surface area contributed by atoms with E-state index in [0.29, 0.717) is 16.0 Å². The second-order valence-electron chi connectivity index (χ2n) is 4.21. The van der Waals surface area contributed by atoms with Gasteiger partial charge in [0.25, 0.3) is 0 Å². The Morgan fingerprint density at radius 3 is 2.71 bits per heavy atom. The van der Waals surface area contributed by atoms with E-state index in [1.165, 1.54) is 12.1 Å². The van der Waals surface area contributed by atoms with Crippen molar-refractivity contribution in [1.82, 2.24) is 10.3 Å². The van der Waals surface area contributed by atoms with Crippen molar-refractivity contribution in [1.29, 1.82) is 0 Å². The second kappa shape index (κ2) is 7.40. The number of nitrogens with one attached hydrogen (secondary N) is 1. The maximum atomic E-state index is 13.5. The van der Waals surface area contributed by atoms with Crippen LogP contribution < -0.4 is 10.1 Å². The minimum absolute atomic E-state index is 0.00858. The average Bonchev–Trinajstić information content (AvgIpc) is 2.45. The molecule has 0 fully saturated rings. The standard InChI is InChI=1S/C14H12BrCl2FN2O/c1-2-19-6-8-3-11(17)14(20-7-8)21-13-5-12(18)10(16)4-9(13)15/h3-5,7,19H,2,6H2,1H3. The number of ether oxygens (including phenoxy) is 1. The summed E-state index contributed by atoms with van der Waals surface area (Å²) >= 11 is 15.1. The topological polar surface area (TPSA) is 34.2 Å². The molecule has 1 N–H and O–H groups in total. The SMILES string of the molecule is CCNCc1cnc(Oc2cc(F)c(Cl)cc2Br)c(Cl)c1. The van der Waals surface area contributed by atoms with E-state index < -0.39 is 5.82 Å². The normalized spacial score (nSPS) is 10.7. The highest BCUT2D eigenvalue weighted by atomic mass is 79.9. The van der Waals surface area contributed by atoms with Crippen molar-refractivity contribution in [3.63, 3.8) is 0 Å². The molecule has 0 aliphatic heterocycles. The summed E-state index contributed by atoms with van der Waals surface area (Å²) in [4.78, 5) is 4.15. The zero-order valence-corrected chi connectivity index (χ0v) is 14.2. The van der Waals surface area contributed by atoms with Crippen LogP contribution in [0.3, 0.4) is 0 Å². The lowest BCUT2D eigenvalue weighted by Crippen LogP contribution is -2.11. The van der Waals surface area contributed by atoms with Crippen molar-refractivity contribution in [2.45, 2.75) is 13.5 Å². The summed E-state index contributed by atoms with van der Waals surface area (Å²) in [5.41, 5.74) is 0.940. The van der Waals surface area contributed by atoms with Gasteiger partial charge in [-0.2, -0.15) is 0 Å².